The third kappa shape index (κ3) is 5.59. The second kappa shape index (κ2) is 10.7. The summed E-state index contributed by atoms with van der Waals surface area (Å²) in [5.41, 5.74) is 1.48. The number of fused-ring (bicyclic) bond motifs is 1. The van der Waals surface area contributed by atoms with Gasteiger partial charge in [0.2, 0.25) is 0 Å². The smallest absolute Gasteiger partial charge is 0.356 e. The Bertz CT molecular complexity index is 1500. The van der Waals surface area contributed by atoms with Crippen LogP contribution >= 0.6 is 0 Å². The molecule has 0 radical (unpaired) electrons. The Morgan fingerprint density at radius 2 is 1.77 bits per heavy atom. The van der Waals surface area contributed by atoms with Crippen molar-refractivity contribution in [3.05, 3.63) is 52.5 Å². The number of hydrogen-bond acceptors (Lipinski definition) is 7. The van der Waals surface area contributed by atoms with Crippen molar-refractivity contribution in [2.75, 3.05) is 16.8 Å². The summed E-state index contributed by atoms with van der Waals surface area (Å²) in [5, 5.41) is 17.8. The fourth-order valence-corrected chi connectivity index (χ4v) is 5.67. The lowest BCUT2D eigenvalue weighted by atomic mass is 9.98. The van der Waals surface area contributed by atoms with Crippen LogP contribution in [0.3, 0.4) is 0 Å². The molecule has 40 heavy (non-hydrogen) atoms. The van der Waals surface area contributed by atoms with Crippen LogP contribution in [0.25, 0.3) is 11.0 Å². The van der Waals surface area contributed by atoms with Gasteiger partial charge in [-0.3, -0.25) is 4.68 Å². The quantitative estimate of drug-likeness (QED) is 0.275. The van der Waals surface area contributed by atoms with Crippen molar-refractivity contribution in [3.63, 3.8) is 0 Å². The second-order valence-corrected chi connectivity index (χ2v) is 10.7. The highest BCUT2D eigenvalue weighted by molar-refractivity contribution is 5.81. The molecule has 0 spiro atoms. The Hall–Kier alpha value is -3.77. The van der Waals surface area contributed by atoms with Gasteiger partial charge in [-0.15, -0.1) is 5.10 Å². The minimum absolute atomic E-state index is 0.0715. The minimum Gasteiger partial charge on any atom is -0.356 e. The molecule has 13 heteroatoms. The number of anilines is 2. The first kappa shape index (κ1) is 27.8. The SMILES string of the molecule is Cc1nn(C)c2nc(N(C)C(C)C3CCCC3)c(CN(Cc3cc(F)cc(C(F)(F)F)c3)c3nnn(C)n3)cc12. The summed E-state index contributed by atoms with van der Waals surface area (Å²) in [4.78, 5) is 10.2. The molecule has 0 saturated heterocycles. The third-order valence-corrected chi connectivity index (χ3v) is 7.88. The molecule has 5 rings (SSSR count). The van der Waals surface area contributed by atoms with Gasteiger partial charge in [0.1, 0.15) is 11.6 Å². The lowest BCUT2D eigenvalue weighted by Gasteiger charge is -2.33. The van der Waals surface area contributed by atoms with E-state index in [0.717, 1.165) is 53.1 Å². The maximum atomic E-state index is 14.3. The van der Waals surface area contributed by atoms with Gasteiger partial charge in [0.05, 0.1) is 18.3 Å². The molecular formula is C27H33F4N9. The molecule has 0 amide bonds. The van der Waals surface area contributed by atoms with Gasteiger partial charge >= 0.3 is 6.18 Å². The molecule has 0 bridgehead atoms. The van der Waals surface area contributed by atoms with E-state index in [1.165, 1.54) is 17.6 Å². The fraction of sp³-hybridized carbons (Fsp3) is 0.519. The largest absolute Gasteiger partial charge is 0.416 e. The number of pyridine rings is 1. The average Bonchev–Trinajstić information content (AvgIpc) is 3.63. The van der Waals surface area contributed by atoms with Crippen LogP contribution in [-0.4, -0.2) is 48.1 Å². The summed E-state index contributed by atoms with van der Waals surface area (Å²) in [7, 11) is 5.48. The Balaban J connectivity index is 1.58. The van der Waals surface area contributed by atoms with E-state index >= 15 is 0 Å². The summed E-state index contributed by atoms with van der Waals surface area (Å²) in [6.07, 6.45) is 0.0619. The molecule has 1 saturated carbocycles. The first-order valence-corrected chi connectivity index (χ1v) is 13.3. The molecule has 1 aromatic carbocycles. The van der Waals surface area contributed by atoms with E-state index in [-0.39, 0.29) is 30.6 Å². The topological polar surface area (TPSA) is 80.8 Å². The average molecular weight is 560 g/mol. The van der Waals surface area contributed by atoms with Gasteiger partial charge in [-0.1, -0.05) is 17.9 Å². The van der Waals surface area contributed by atoms with E-state index in [9.17, 15) is 17.6 Å². The predicted octanol–water partition coefficient (Wildman–Crippen LogP) is 5.18. The molecule has 0 aliphatic heterocycles. The van der Waals surface area contributed by atoms with E-state index in [0.29, 0.717) is 12.0 Å². The van der Waals surface area contributed by atoms with Crippen LogP contribution in [0.5, 0.6) is 0 Å². The zero-order valence-electron chi connectivity index (χ0n) is 23.2. The number of rotatable bonds is 8. The second-order valence-electron chi connectivity index (χ2n) is 10.7. The highest BCUT2D eigenvalue weighted by Crippen LogP contribution is 2.35. The Kier molecular flexibility index (Phi) is 7.40. The lowest BCUT2D eigenvalue weighted by Crippen LogP contribution is -2.36. The van der Waals surface area contributed by atoms with E-state index in [2.05, 4.69) is 32.3 Å². The van der Waals surface area contributed by atoms with Gasteiger partial charge in [-0.25, -0.2) is 9.37 Å². The van der Waals surface area contributed by atoms with E-state index in [4.69, 9.17) is 4.98 Å². The number of hydrogen-bond donors (Lipinski definition) is 0. The summed E-state index contributed by atoms with van der Waals surface area (Å²) in [6, 6.07) is 4.79. The van der Waals surface area contributed by atoms with Crippen molar-refractivity contribution >= 4 is 22.8 Å². The molecular weight excluding hydrogens is 526 g/mol. The van der Waals surface area contributed by atoms with Gasteiger partial charge in [-0.2, -0.15) is 23.1 Å². The zero-order chi connectivity index (χ0) is 28.8. The first-order valence-electron chi connectivity index (χ1n) is 13.3. The number of aromatic nitrogens is 7. The van der Waals surface area contributed by atoms with Crippen molar-refractivity contribution in [1.82, 2.24) is 35.0 Å². The first-order chi connectivity index (χ1) is 18.9. The highest BCUT2D eigenvalue weighted by Gasteiger charge is 2.32. The summed E-state index contributed by atoms with van der Waals surface area (Å²) >= 11 is 0. The van der Waals surface area contributed by atoms with E-state index < -0.39 is 17.6 Å². The standard InChI is InChI=1S/C27H33F4N9/c1-16-23-12-20(24(32-25(23)38(4)34-16)37(3)17(2)19-8-6-7-9-19)15-40(26-33-36-39(5)35-26)14-18-10-21(27(29,30)31)13-22(28)11-18/h10-13,17,19H,6-9,14-15H2,1-5H3. The van der Waals surface area contributed by atoms with E-state index in [1.54, 1.807) is 16.6 Å². The van der Waals surface area contributed by atoms with Crippen molar-refractivity contribution in [3.8, 4) is 0 Å². The molecule has 4 aromatic rings. The zero-order valence-corrected chi connectivity index (χ0v) is 23.2. The maximum absolute atomic E-state index is 14.3. The molecule has 3 aromatic heterocycles. The molecule has 1 atom stereocenters. The molecule has 1 aliphatic carbocycles. The van der Waals surface area contributed by atoms with Crippen LogP contribution in [0, 0.1) is 18.7 Å². The number of halogens is 4. The van der Waals surface area contributed by atoms with E-state index in [1.807, 2.05) is 27.1 Å². The Labute approximate surface area is 229 Å². The van der Waals surface area contributed by atoms with Crippen molar-refractivity contribution < 1.29 is 17.6 Å². The van der Waals surface area contributed by atoms with Gasteiger partial charge < -0.3 is 9.80 Å². The predicted molar refractivity (Wildman–Crippen MR) is 143 cm³/mol. The van der Waals surface area contributed by atoms with Crippen LogP contribution in [0.4, 0.5) is 29.3 Å². The lowest BCUT2D eigenvalue weighted by molar-refractivity contribution is -0.137. The molecule has 1 aliphatic rings. The number of aryl methyl sites for hydroxylation is 3. The van der Waals surface area contributed by atoms with Crippen LogP contribution in [0.2, 0.25) is 0 Å². The normalized spacial score (nSPS) is 15.2. The van der Waals surface area contributed by atoms with Crippen molar-refractivity contribution in [2.24, 2.45) is 20.0 Å². The Morgan fingerprint density at radius 1 is 1.05 bits per heavy atom. The van der Waals surface area contributed by atoms with Gasteiger partial charge in [0.25, 0.3) is 5.95 Å². The third-order valence-electron chi connectivity index (χ3n) is 7.88. The van der Waals surface area contributed by atoms with Crippen molar-refractivity contribution in [2.45, 2.75) is 64.8 Å². The van der Waals surface area contributed by atoms with Crippen molar-refractivity contribution in [1.29, 1.82) is 0 Å². The molecule has 1 fully saturated rings. The Morgan fingerprint density at radius 3 is 2.42 bits per heavy atom. The van der Waals surface area contributed by atoms with Crippen LogP contribution in [0.15, 0.2) is 24.3 Å². The van der Waals surface area contributed by atoms with Crippen LogP contribution < -0.4 is 9.80 Å². The number of alkyl halides is 3. The maximum Gasteiger partial charge on any atom is 0.416 e. The summed E-state index contributed by atoms with van der Waals surface area (Å²) in [6.45, 7) is 4.25. The summed E-state index contributed by atoms with van der Waals surface area (Å²) in [5.74, 6) is 0.533. The molecule has 9 nitrogen and oxygen atoms in total. The highest BCUT2D eigenvalue weighted by atomic mass is 19.4. The molecule has 1 unspecified atom stereocenters. The molecule has 3 heterocycles. The van der Waals surface area contributed by atoms with Crippen LogP contribution in [0.1, 0.15) is 55.0 Å². The van der Waals surface area contributed by atoms with Gasteiger partial charge in [0, 0.05) is 44.2 Å². The monoisotopic (exact) mass is 559 g/mol. The van der Waals surface area contributed by atoms with Gasteiger partial charge in [-0.05, 0) is 67.6 Å². The fourth-order valence-electron chi connectivity index (χ4n) is 5.67. The molecule has 0 N–H and O–H groups in total. The van der Waals surface area contributed by atoms with Crippen LogP contribution in [-0.2, 0) is 33.4 Å². The minimum atomic E-state index is -4.68. The summed E-state index contributed by atoms with van der Waals surface area (Å²) < 4.78 is 56.4. The number of nitrogens with zero attached hydrogens (tertiary/aromatic N) is 9. The van der Waals surface area contributed by atoms with Gasteiger partial charge in [0.15, 0.2) is 5.65 Å². The number of tetrazole rings is 1. The molecule has 214 valence electrons. The number of benzene rings is 1.